The average Bonchev–Trinajstić information content (AvgIpc) is 2.62. The highest BCUT2D eigenvalue weighted by Gasteiger charge is 2.30. The Morgan fingerprint density at radius 1 is 1.33 bits per heavy atom. The Labute approximate surface area is 91.2 Å². The van der Waals surface area contributed by atoms with Gasteiger partial charge in [0.05, 0.1) is 0 Å². The Bertz CT molecular complexity index is 343. The van der Waals surface area contributed by atoms with Crippen molar-refractivity contribution in [2.75, 3.05) is 6.54 Å². The van der Waals surface area contributed by atoms with Crippen molar-refractivity contribution in [2.45, 2.75) is 25.7 Å². The number of rotatable bonds is 3. The van der Waals surface area contributed by atoms with Crippen LogP contribution in [-0.2, 0) is 0 Å². The maximum absolute atomic E-state index is 5.98. The maximum atomic E-state index is 5.98. The Morgan fingerprint density at radius 3 is 2.73 bits per heavy atom. The second-order valence-corrected chi connectivity index (χ2v) is 4.20. The van der Waals surface area contributed by atoms with E-state index in [1.54, 1.807) is 0 Å². The standard InChI is InChI=1S/C13H18N2/c1-2-6-11-9-15-13(14)12(11)10-7-4-3-5-8-10/h3-5,7-8,11-12H,2,6,9H2,1H3,(H2,14,15)/t11-,12+/m0/s1. The van der Waals surface area contributed by atoms with Crippen LogP contribution < -0.4 is 5.73 Å². The predicted molar refractivity (Wildman–Crippen MR) is 64.1 cm³/mol. The van der Waals surface area contributed by atoms with Gasteiger partial charge in [-0.3, -0.25) is 4.99 Å². The molecule has 2 atom stereocenters. The van der Waals surface area contributed by atoms with Crippen molar-refractivity contribution in [3.8, 4) is 0 Å². The summed E-state index contributed by atoms with van der Waals surface area (Å²) < 4.78 is 0. The molecule has 2 heteroatoms. The first kappa shape index (κ1) is 10.2. The Morgan fingerprint density at radius 2 is 2.07 bits per heavy atom. The molecule has 1 aliphatic rings. The number of hydrogen-bond donors (Lipinski definition) is 1. The van der Waals surface area contributed by atoms with Gasteiger partial charge in [-0.1, -0.05) is 43.7 Å². The van der Waals surface area contributed by atoms with Gasteiger partial charge in [-0.15, -0.1) is 0 Å². The molecule has 0 unspecified atom stereocenters. The highest BCUT2D eigenvalue weighted by molar-refractivity contribution is 5.89. The number of benzene rings is 1. The highest BCUT2D eigenvalue weighted by Crippen LogP contribution is 2.32. The van der Waals surface area contributed by atoms with Crippen LogP contribution in [0.25, 0.3) is 0 Å². The SMILES string of the molecule is CCC[C@H]1CN=C(N)[C@@H]1c1ccccc1. The molecule has 15 heavy (non-hydrogen) atoms. The van der Waals surface area contributed by atoms with E-state index in [4.69, 9.17) is 5.73 Å². The predicted octanol–water partition coefficient (Wildman–Crippen LogP) is 2.56. The molecule has 2 N–H and O–H groups in total. The first-order chi connectivity index (χ1) is 7.33. The lowest BCUT2D eigenvalue weighted by atomic mass is 9.85. The molecule has 0 amide bonds. The van der Waals surface area contributed by atoms with Gasteiger partial charge in [0.2, 0.25) is 0 Å². The van der Waals surface area contributed by atoms with Gasteiger partial charge < -0.3 is 5.73 Å². The quantitative estimate of drug-likeness (QED) is 0.803. The van der Waals surface area contributed by atoms with E-state index >= 15 is 0 Å². The number of hydrogen-bond acceptors (Lipinski definition) is 2. The maximum Gasteiger partial charge on any atom is 0.102 e. The number of amidine groups is 1. The second kappa shape index (κ2) is 4.47. The van der Waals surface area contributed by atoms with E-state index in [2.05, 4.69) is 36.2 Å². The summed E-state index contributed by atoms with van der Waals surface area (Å²) in [6, 6.07) is 10.5. The third-order valence-electron chi connectivity index (χ3n) is 3.12. The van der Waals surface area contributed by atoms with Gasteiger partial charge in [0, 0.05) is 12.5 Å². The van der Waals surface area contributed by atoms with E-state index in [9.17, 15) is 0 Å². The molecule has 1 aromatic carbocycles. The van der Waals surface area contributed by atoms with Crippen LogP contribution in [0.4, 0.5) is 0 Å². The van der Waals surface area contributed by atoms with Crippen molar-refractivity contribution in [3.05, 3.63) is 35.9 Å². The first-order valence-electron chi connectivity index (χ1n) is 5.67. The van der Waals surface area contributed by atoms with Gasteiger partial charge in [0.1, 0.15) is 5.84 Å². The number of aliphatic imine (C=N–C) groups is 1. The molecular weight excluding hydrogens is 184 g/mol. The van der Waals surface area contributed by atoms with E-state index in [1.165, 1.54) is 18.4 Å². The fourth-order valence-corrected chi connectivity index (χ4v) is 2.40. The molecular formula is C13H18N2. The van der Waals surface area contributed by atoms with Crippen LogP contribution in [-0.4, -0.2) is 12.4 Å². The van der Waals surface area contributed by atoms with Crippen LogP contribution in [0.3, 0.4) is 0 Å². The molecule has 1 aromatic rings. The summed E-state index contributed by atoms with van der Waals surface area (Å²) in [6.45, 7) is 3.12. The summed E-state index contributed by atoms with van der Waals surface area (Å²) >= 11 is 0. The molecule has 2 nitrogen and oxygen atoms in total. The lowest BCUT2D eigenvalue weighted by Gasteiger charge is -2.19. The number of nitrogens with zero attached hydrogens (tertiary/aromatic N) is 1. The minimum absolute atomic E-state index is 0.353. The molecule has 1 aliphatic heterocycles. The van der Waals surface area contributed by atoms with E-state index in [0.29, 0.717) is 11.8 Å². The van der Waals surface area contributed by atoms with Crippen LogP contribution in [0.5, 0.6) is 0 Å². The largest absolute Gasteiger partial charge is 0.387 e. The Balaban J connectivity index is 2.22. The molecule has 0 radical (unpaired) electrons. The van der Waals surface area contributed by atoms with Crippen LogP contribution >= 0.6 is 0 Å². The fourth-order valence-electron chi connectivity index (χ4n) is 2.40. The zero-order valence-electron chi connectivity index (χ0n) is 9.19. The molecule has 0 fully saturated rings. The smallest absolute Gasteiger partial charge is 0.102 e. The van der Waals surface area contributed by atoms with Gasteiger partial charge in [0.15, 0.2) is 0 Å². The summed E-state index contributed by atoms with van der Waals surface area (Å²) in [7, 11) is 0. The summed E-state index contributed by atoms with van der Waals surface area (Å²) in [4.78, 5) is 4.39. The molecule has 0 saturated heterocycles. The third kappa shape index (κ3) is 2.04. The van der Waals surface area contributed by atoms with Gasteiger partial charge >= 0.3 is 0 Å². The molecule has 0 spiro atoms. The molecule has 80 valence electrons. The monoisotopic (exact) mass is 202 g/mol. The van der Waals surface area contributed by atoms with Crippen LogP contribution in [0, 0.1) is 5.92 Å². The summed E-state index contributed by atoms with van der Waals surface area (Å²) in [5, 5.41) is 0. The van der Waals surface area contributed by atoms with Crippen molar-refractivity contribution in [3.63, 3.8) is 0 Å². The van der Waals surface area contributed by atoms with Crippen molar-refractivity contribution in [1.29, 1.82) is 0 Å². The second-order valence-electron chi connectivity index (χ2n) is 4.20. The third-order valence-corrected chi connectivity index (χ3v) is 3.12. The molecule has 1 heterocycles. The van der Waals surface area contributed by atoms with Gasteiger partial charge in [0.25, 0.3) is 0 Å². The Kier molecular flexibility index (Phi) is 3.05. The average molecular weight is 202 g/mol. The van der Waals surface area contributed by atoms with Crippen molar-refractivity contribution >= 4 is 5.84 Å². The van der Waals surface area contributed by atoms with E-state index in [0.717, 1.165) is 12.4 Å². The minimum Gasteiger partial charge on any atom is -0.387 e. The minimum atomic E-state index is 0.353. The van der Waals surface area contributed by atoms with E-state index in [-0.39, 0.29) is 0 Å². The van der Waals surface area contributed by atoms with Crippen LogP contribution in [0.2, 0.25) is 0 Å². The van der Waals surface area contributed by atoms with Crippen LogP contribution in [0.15, 0.2) is 35.3 Å². The molecule has 2 rings (SSSR count). The van der Waals surface area contributed by atoms with Gasteiger partial charge in [-0.2, -0.15) is 0 Å². The zero-order chi connectivity index (χ0) is 10.7. The normalized spacial score (nSPS) is 25.3. The molecule has 0 saturated carbocycles. The zero-order valence-corrected chi connectivity index (χ0v) is 9.19. The molecule has 0 aromatic heterocycles. The van der Waals surface area contributed by atoms with Crippen molar-refractivity contribution < 1.29 is 0 Å². The van der Waals surface area contributed by atoms with Crippen LogP contribution in [0.1, 0.15) is 31.2 Å². The van der Waals surface area contributed by atoms with Crippen molar-refractivity contribution in [1.82, 2.24) is 0 Å². The number of nitrogens with two attached hydrogens (primary N) is 1. The fraction of sp³-hybridized carbons (Fsp3) is 0.462. The lowest BCUT2D eigenvalue weighted by molar-refractivity contribution is 0.488. The Hall–Kier alpha value is -1.31. The lowest BCUT2D eigenvalue weighted by Crippen LogP contribution is -2.23. The van der Waals surface area contributed by atoms with E-state index in [1.807, 2.05) is 6.07 Å². The van der Waals surface area contributed by atoms with E-state index < -0.39 is 0 Å². The first-order valence-corrected chi connectivity index (χ1v) is 5.67. The summed E-state index contributed by atoms with van der Waals surface area (Å²) in [6.07, 6.45) is 2.42. The highest BCUT2D eigenvalue weighted by atomic mass is 14.9. The topological polar surface area (TPSA) is 38.4 Å². The molecule has 0 bridgehead atoms. The summed E-state index contributed by atoms with van der Waals surface area (Å²) in [5.74, 6) is 1.78. The van der Waals surface area contributed by atoms with Gasteiger partial charge in [-0.25, -0.2) is 0 Å². The van der Waals surface area contributed by atoms with Gasteiger partial charge in [-0.05, 0) is 17.9 Å². The molecule has 0 aliphatic carbocycles. The van der Waals surface area contributed by atoms with Crippen molar-refractivity contribution in [2.24, 2.45) is 16.6 Å². The summed E-state index contributed by atoms with van der Waals surface area (Å²) in [5.41, 5.74) is 7.30.